The highest BCUT2D eigenvalue weighted by atomic mass is 16.5. The van der Waals surface area contributed by atoms with E-state index in [4.69, 9.17) is 10.5 Å². The van der Waals surface area contributed by atoms with Crippen molar-refractivity contribution >= 4 is 22.4 Å². The van der Waals surface area contributed by atoms with Gasteiger partial charge in [0, 0.05) is 34.5 Å². The minimum atomic E-state index is -0.110. The second-order valence-corrected chi connectivity index (χ2v) is 4.69. The highest BCUT2D eigenvalue weighted by molar-refractivity contribution is 6.13. The lowest BCUT2D eigenvalue weighted by molar-refractivity contribution is 0.103. The summed E-state index contributed by atoms with van der Waals surface area (Å²) in [7, 11) is 1.56. The fourth-order valence-corrected chi connectivity index (χ4v) is 2.25. The first-order valence-corrected chi connectivity index (χ1v) is 6.52. The number of nitrogens with two attached hydrogens (primary N) is 1. The van der Waals surface area contributed by atoms with Crippen LogP contribution in [0.1, 0.15) is 15.9 Å². The molecule has 4 heteroatoms. The molecular formula is C17H14N2O2. The number of benzene rings is 2. The van der Waals surface area contributed by atoms with Crippen molar-refractivity contribution in [3.05, 3.63) is 65.9 Å². The van der Waals surface area contributed by atoms with Crippen LogP contribution in [0.25, 0.3) is 10.9 Å². The molecule has 0 saturated heterocycles. The lowest BCUT2D eigenvalue weighted by Crippen LogP contribution is -2.05. The molecule has 0 amide bonds. The van der Waals surface area contributed by atoms with Crippen molar-refractivity contribution in [1.82, 2.24) is 4.98 Å². The predicted octanol–water partition coefficient (Wildman–Crippen LogP) is 3.06. The molecule has 4 nitrogen and oxygen atoms in total. The molecule has 0 bridgehead atoms. The Morgan fingerprint density at radius 1 is 1.14 bits per heavy atom. The third-order valence-electron chi connectivity index (χ3n) is 3.37. The zero-order valence-corrected chi connectivity index (χ0v) is 11.5. The van der Waals surface area contributed by atoms with Crippen molar-refractivity contribution in [2.75, 3.05) is 12.8 Å². The first kappa shape index (κ1) is 13.1. The molecule has 0 aliphatic carbocycles. The number of fused-ring (bicyclic) bond motifs is 1. The van der Waals surface area contributed by atoms with Gasteiger partial charge in [-0.2, -0.15) is 0 Å². The van der Waals surface area contributed by atoms with Crippen LogP contribution in [0.4, 0.5) is 5.69 Å². The molecular weight excluding hydrogens is 264 g/mol. The lowest BCUT2D eigenvalue weighted by Gasteiger charge is -2.08. The van der Waals surface area contributed by atoms with Gasteiger partial charge in [-0.05, 0) is 36.4 Å². The number of hydrogen-bond acceptors (Lipinski definition) is 4. The van der Waals surface area contributed by atoms with Gasteiger partial charge in [0.15, 0.2) is 5.78 Å². The van der Waals surface area contributed by atoms with Gasteiger partial charge in [-0.15, -0.1) is 0 Å². The Hall–Kier alpha value is -2.88. The van der Waals surface area contributed by atoms with Gasteiger partial charge in [0.25, 0.3) is 0 Å². The van der Waals surface area contributed by atoms with Crippen LogP contribution in [-0.4, -0.2) is 17.9 Å². The largest absolute Gasteiger partial charge is 0.497 e. The number of carbonyl (C=O) groups excluding carboxylic acids is 1. The molecule has 0 fully saturated rings. The molecule has 3 aromatic rings. The maximum absolute atomic E-state index is 12.6. The molecule has 0 aliphatic rings. The van der Waals surface area contributed by atoms with E-state index in [0.29, 0.717) is 22.6 Å². The number of rotatable bonds is 3. The number of hydrogen-bond donors (Lipinski definition) is 1. The minimum absolute atomic E-state index is 0.110. The molecule has 1 heterocycles. The van der Waals surface area contributed by atoms with Crippen molar-refractivity contribution in [2.24, 2.45) is 0 Å². The number of anilines is 1. The lowest BCUT2D eigenvalue weighted by atomic mass is 10.00. The molecule has 0 spiro atoms. The Balaban J connectivity index is 2.03. The van der Waals surface area contributed by atoms with E-state index in [1.54, 1.807) is 37.6 Å². The van der Waals surface area contributed by atoms with Crippen LogP contribution in [0.15, 0.2) is 54.7 Å². The molecule has 0 saturated carbocycles. The number of ether oxygens (including phenoxy) is 1. The van der Waals surface area contributed by atoms with Crippen LogP contribution in [0.5, 0.6) is 5.75 Å². The molecule has 2 aromatic carbocycles. The summed E-state index contributed by atoms with van der Waals surface area (Å²) in [6.45, 7) is 0. The summed E-state index contributed by atoms with van der Waals surface area (Å²) in [5.74, 6) is 0.521. The Kier molecular flexibility index (Phi) is 3.28. The van der Waals surface area contributed by atoms with E-state index in [2.05, 4.69) is 4.98 Å². The van der Waals surface area contributed by atoms with E-state index in [-0.39, 0.29) is 5.78 Å². The fourth-order valence-electron chi connectivity index (χ4n) is 2.25. The summed E-state index contributed by atoms with van der Waals surface area (Å²) in [5, 5.41) is 0.926. The Morgan fingerprint density at radius 3 is 2.76 bits per heavy atom. The zero-order chi connectivity index (χ0) is 14.8. The molecule has 104 valence electrons. The molecule has 3 rings (SSSR count). The number of ketones is 1. The molecule has 0 radical (unpaired) electrons. The third kappa shape index (κ3) is 2.43. The Bertz CT molecular complexity index is 828. The SMILES string of the molecule is COc1ccc(C(=O)c2ccc3ncccc3c2)c(N)c1. The Morgan fingerprint density at radius 2 is 2.00 bits per heavy atom. The van der Waals surface area contributed by atoms with Crippen LogP contribution in [0.2, 0.25) is 0 Å². The number of nitrogen functional groups attached to an aromatic ring is 1. The van der Waals surface area contributed by atoms with Crippen molar-refractivity contribution in [1.29, 1.82) is 0 Å². The average Bonchev–Trinajstić information content (AvgIpc) is 2.53. The van der Waals surface area contributed by atoms with Gasteiger partial charge in [0.05, 0.1) is 12.6 Å². The summed E-state index contributed by atoms with van der Waals surface area (Å²) in [4.78, 5) is 16.8. The number of pyridine rings is 1. The van der Waals surface area contributed by atoms with Crippen LogP contribution >= 0.6 is 0 Å². The van der Waals surface area contributed by atoms with Crippen LogP contribution in [-0.2, 0) is 0 Å². The van der Waals surface area contributed by atoms with Crippen molar-refractivity contribution in [2.45, 2.75) is 0 Å². The van der Waals surface area contributed by atoms with E-state index in [0.717, 1.165) is 10.9 Å². The summed E-state index contributed by atoms with van der Waals surface area (Å²) < 4.78 is 5.09. The standard InChI is InChI=1S/C17H14N2O2/c1-21-13-5-6-14(15(18)10-13)17(20)12-4-7-16-11(9-12)3-2-8-19-16/h2-10H,18H2,1H3. The predicted molar refractivity (Wildman–Crippen MR) is 82.6 cm³/mol. The molecule has 0 aliphatic heterocycles. The van der Waals surface area contributed by atoms with E-state index < -0.39 is 0 Å². The number of methoxy groups -OCH3 is 1. The molecule has 0 atom stereocenters. The molecule has 0 unspecified atom stereocenters. The van der Waals surface area contributed by atoms with Gasteiger partial charge in [-0.1, -0.05) is 6.07 Å². The van der Waals surface area contributed by atoms with E-state index >= 15 is 0 Å². The first-order chi connectivity index (χ1) is 10.2. The van der Waals surface area contributed by atoms with Gasteiger partial charge >= 0.3 is 0 Å². The normalized spacial score (nSPS) is 10.5. The topological polar surface area (TPSA) is 65.2 Å². The fraction of sp³-hybridized carbons (Fsp3) is 0.0588. The van der Waals surface area contributed by atoms with Crippen LogP contribution < -0.4 is 10.5 Å². The molecule has 1 aromatic heterocycles. The second-order valence-electron chi connectivity index (χ2n) is 4.69. The maximum atomic E-state index is 12.6. The van der Waals surface area contributed by atoms with Crippen molar-refractivity contribution < 1.29 is 9.53 Å². The van der Waals surface area contributed by atoms with Crippen molar-refractivity contribution in [3.63, 3.8) is 0 Å². The molecule has 2 N–H and O–H groups in total. The smallest absolute Gasteiger partial charge is 0.195 e. The quantitative estimate of drug-likeness (QED) is 0.590. The first-order valence-electron chi connectivity index (χ1n) is 6.52. The van der Waals surface area contributed by atoms with E-state index in [9.17, 15) is 4.79 Å². The maximum Gasteiger partial charge on any atom is 0.195 e. The second kappa shape index (κ2) is 5.25. The van der Waals surface area contributed by atoms with Gasteiger partial charge in [-0.3, -0.25) is 9.78 Å². The van der Waals surface area contributed by atoms with Crippen LogP contribution in [0.3, 0.4) is 0 Å². The minimum Gasteiger partial charge on any atom is -0.497 e. The Labute approximate surface area is 122 Å². The monoisotopic (exact) mass is 278 g/mol. The number of aromatic nitrogens is 1. The highest BCUT2D eigenvalue weighted by Crippen LogP contribution is 2.23. The highest BCUT2D eigenvalue weighted by Gasteiger charge is 2.13. The van der Waals surface area contributed by atoms with E-state index in [1.165, 1.54) is 0 Å². The van der Waals surface area contributed by atoms with Gasteiger partial charge in [-0.25, -0.2) is 0 Å². The third-order valence-corrected chi connectivity index (χ3v) is 3.37. The summed E-state index contributed by atoms with van der Waals surface area (Å²) >= 11 is 0. The van der Waals surface area contributed by atoms with Crippen molar-refractivity contribution in [3.8, 4) is 5.75 Å². The number of carbonyl (C=O) groups is 1. The van der Waals surface area contributed by atoms with Crippen LogP contribution in [0, 0.1) is 0 Å². The zero-order valence-electron chi connectivity index (χ0n) is 11.5. The summed E-state index contributed by atoms with van der Waals surface area (Å²) in [5.41, 5.74) is 8.26. The van der Waals surface area contributed by atoms with Gasteiger partial charge in [0.2, 0.25) is 0 Å². The number of nitrogens with zero attached hydrogens (tertiary/aromatic N) is 1. The average molecular weight is 278 g/mol. The molecule has 21 heavy (non-hydrogen) atoms. The van der Waals surface area contributed by atoms with E-state index in [1.807, 2.05) is 24.3 Å². The van der Waals surface area contributed by atoms with Gasteiger partial charge in [0.1, 0.15) is 5.75 Å². The van der Waals surface area contributed by atoms with Gasteiger partial charge < -0.3 is 10.5 Å². The summed E-state index contributed by atoms with van der Waals surface area (Å²) in [6.07, 6.45) is 1.73. The summed E-state index contributed by atoms with van der Waals surface area (Å²) in [6, 6.07) is 14.3.